The lowest BCUT2D eigenvalue weighted by Crippen LogP contribution is -2.50. The first-order valence-corrected chi connectivity index (χ1v) is 11.3. The molecule has 0 amide bonds. The average Bonchev–Trinajstić information content (AvgIpc) is 2.76. The van der Waals surface area contributed by atoms with Gasteiger partial charge in [-0.3, -0.25) is 0 Å². The maximum Gasteiger partial charge on any atom is 0.336 e. The number of hydrogen-bond acceptors (Lipinski definition) is 6. The Balaban J connectivity index is 1.72. The highest BCUT2D eigenvalue weighted by molar-refractivity contribution is 5.88. The smallest absolute Gasteiger partial charge is 0.336 e. The van der Waals surface area contributed by atoms with Gasteiger partial charge in [-0.2, -0.15) is 0 Å². The molecule has 32 heavy (non-hydrogen) atoms. The fourth-order valence-electron chi connectivity index (χ4n) is 5.57. The van der Waals surface area contributed by atoms with E-state index < -0.39 is 5.63 Å². The summed E-state index contributed by atoms with van der Waals surface area (Å²) in [6, 6.07) is 4.86. The summed E-state index contributed by atoms with van der Waals surface area (Å²) >= 11 is 0. The summed E-state index contributed by atoms with van der Waals surface area (Å²) in [4.78, 5) is 11.8. The van der Waals surface area contributed by atoms with E-state index in [9.17, 15) is 9.90 Å². The van der Waals surface area contributed by atoms with Crippen molar-refractivity contribution in [3.8, 4) is 17.2 Å². The van der Waals surface area contributed by atoms with Crippen LogP contribution in [0, 0.1) is 22.7 Å². The van der Waals surface area contributed by atoms with E-state index in [-0.39, 0.29) is 16.9 Å². The summed E-state index contributed by atoms with van der Waals surface area (Å²) < 4.78 is 23.1. The van der Waals surface area contributed by atoms with Gasteiger partial charge in [-0.05, 0) is 43.2 Å². The minimum atomic E-state index is -0.447. The second kappa shape index (κ2) is 8.14. The van der Waals surface area contributed by atoms with Gasteiger partial charge >= 0.3 is 5.63 Å². The zero-order chi connectivity index (χ0) is 23.3. The molecule has 1 aromatic carbocycles. The van der Waals surface area contributed by atoms with Gasteiger partial charge in [0.2, 0.25) is 11.5 Å². The Morgan fingerprint density at radius 3 is 2.56 bits per heavy atom. The minimum absolute atomic E-state index is 0.135. The van der Waals surface area contributed by atoms with Gasteiger partial charge in [0.1, 0.15) is 0 Å². The van der Waals surface area contributed by atoms with Crippen molar-refractivity contribution in [2.45, 2.75) is 53.1 Å². The van der Waals surface area contributed by atoms with E-state index in [0.717, 1.165) is 19.3 Å². The summed E-state index contributed by atoms with van der Waals surface area (Å²) in [5.74, 6) is 2.05. The van der Waals surface area contributed by atoms with E-state index in [4.69, 9.17) is 18.6 Å². The minimum Gasteiger partial charge on any atom is -0.493 e. The van der Waals surface area contributed by atoms with Gasteiger partial charge in [-0.15, -0.1) is 0 Å². The van der Waals surface area contributed by atoms with Gasteiger partial charge in [0.25, 0.3) is 0 Å². The molecule has 0 spiro atoms. The third-order valence-electron chi connectivity index (χ3n) is 8.03. The Kier molecular flexibility index (Phi) is 5.78. The van der Waals surface area contributed by atoms with E-state index in [1.54, 1.807) is 19.2 Å². The van der Waals surface area contributed by atoms with Crippen molar-refractivity contribution >= 4 is 11.0 Å². The van der Waals surface area contributed by atoms with Gasteiger partial charge in [0.15, 0.2) is 11.3 Å². The molecule has 2 aliphatic carbocycles. The van der Waals surface area contributed by atoms with Crippen molar-refractivity contribution in [2.24, 2.45) is 22.7 Å². The lowest BCUT2D eigenvalue weighted by atomic mass is 9.52. The number of aliphatic hydroxyl groups is 1. The SMILES string of the molecule is COc1cc2ccc(=O)oc2c(OC)c1OCC1(C)C(C)CC=C2C1CCC(O)C2(C)C. The maximum atomic E-state index is 11.8. The van der Waals surface area contributed by atoms with Crippen LogP contribution in [0.15, 0.2) is 39.1 Å². The molecule has 4 rings (SSSR count). The highest BCUT2D eigenvalue weighted by atomic mass is 16.5. The van der Waals surface area contributed by atoms with Crippen LogP contribution in [0.25, 0.3) is 11.0 Å². The topological polar surface area (TPSA) is 78.1 Å². The Bertz CT molecular complexity index is 1100. The van der Waals surface area contributed by atoms with Crippen LogP contribution >= 0.6 is 0 Å². The number of rotatable bonds is 5. The molecule has 1 heterocycles. The zero-order valence-electron chi connectivity index (χ0n) is 19.9. The number of ether oxygens (including phenoxy) is 3. The van der Waals surface area contributed by atoms with Gasteiger partial charge in [0, 0.05) is 22.3 Å². The molecule has 1 N–H and O–H groups in total. The first kappa shape index (κ1) is 22.7. The monoisotopic (exact) mass is 442 g/mol. The van der Waals surface area contributed by atoms with Crippen molar-refractivity contribution in [2.75, 3.05) is 20.8 Å². The van der Waals surface area contributed by atoms with Crippen molar-refractivity contribution in [1.29, 1.82) is 0 Å². The largest absolute Gasteiger partial charge is 0.493 e. The molecule has 4 unspecified atom stereocenters. The molecule has 6 nitrogen and oxygen atoms in total. The molecular formula is C26H34O6. The lowest BCUT2D eigenvalue weighted by Gasteiger charge is -2.54. The molecule has 1 aromatic heterocycles. The maximum absolute atomic E-state index is 11.8. The average molecular weight is 443 g/mol. The highest BCUT2D eigenvalue weighted by Crippen LogP contribution is 2.57. The highest BCUT2D eigenvalue weighted by Gasteiger charge is 2.51. The van der Waals surface area contributed by atoms with Gasteiger partial charge in [-0.1, -0.05) is 39.3 Å². The second-order valence-corrected chi connectivity index (χ2v) is 10.1. The molecule has 1 fully saturated rings. The Labute approximate surface area is 189 Å². The molecule has 6 heteroatoms. The van der Waals surface area contributed by atoms with Crippen molar-refractivity contribution in [3.05, 3.63) is 40.3 Å². The van der Waals surface area contributed by atoms with E-state index in [0.29, 0.717) is 46.7 Å². The molecule has 0 radical (unpaired) electrons. The van der Waals surface area contributed by atoms with Crippen LogP contribution in [0.5, 0.6) is 17.2 Å². The van der Waals surface area contributed by atoms with E-state index in [1.165, 1.54) is 18.7 Å². The fraction of sp³-hybridized carbons (Fsp3) is 0.577. The van der Waals surface area contributed by atoms with Crippen molar-refractivity contribution in [3.63, 3.8) is 0 Å². The van der Waals surface area contributed by atoms with Crippen LogP contribution in [0.2, 0.25) is 0 Å². The van der Waals surface area contributed by atoms with Crippen LogP contribution in [-0.4, -0.2) is 32.0 Å². The summed E-state index contributed by atoms with van der Waals surface area (Å²) in [5.41, 5.74) is 0.859. The normalized spacial score (nSPS) is 29.2. The Morgan fingerprint density at radius 2 is 1.88 bits per heavy atom. The molecule has 1 saturated carbocycles. The van der Waals surface area contributed by atoms with Gasteiger partial charge in [0.05, 0.1) is 26.9 Å². The summed E-state index contributed by atoms with van der Waals surface area (Å²) in [7, 11) is 3.12. The van der Waals surface area contributed by atoms with E-state index in [2.05, 4.69) is 33.8 Å². The first-order chi connectivity index (χ1) is 15.1. The van der Waals surface area contributed by atoms with E-state index in [1.807, 2.05) is 0 Å². The summed E-state index contributed by atoms with van der Waals surface area (Å²) in [6.45, 7) is 9.29. The number of benzene rings is 1. The molecular weight excluding hydrogens is 408 g/mol. The van der Waals surface area contributed by atoms with Crippen LogP contribution in [0.1, 0.15) is 47.0 Å². The molecule has 2 aliphatic rings. The van der Waals surface area contributed by atoms with Crippen LogP contribution in [0.3, 0.4) is 0 Å². The third-order valence-corrected chi connectivity index (χ3v) is 8.03. The second-order valence-electron chi connectivity index (χ2n) is 10.1. The number of aliphatic hydroxyl groups excluding tert-OH is 1. The Hall–Kier alpha value is -2.47. The van der Waals surface area contributed by atoms with Crippen molar-refractivity contribution in [1.82, 2.24) is 0 Å². The van der Waals surface area contributed by atoms with Gasteiger partial charge < -0.3 is 23.7 Å². The zero-order valence-corrected chi connectivity index (χ0v) is 19.9. The fourth-order valence-corrected chi connectivity index (χ4v) is 5.57. The third kappa shape index (κ3) is 3.49. The predicted molar refractivity (Wildman–Crippen MR) is 124 cm³/mol. The Morgan fingerprint density at radius 1 is 1.12 bits per heavy atom. The molecule has 4 atom stereocenters. The van der Waals surface area contributed by atoms with Crippen LogP contribution in [0.4, 0.5) is 0 Å². The van der Waals surface area contributed by atoms with Gasteiger partial charge in [-0.25, -0.2) is 4.79 Å². The summed E-state index contributed by atoms with van der Waals surface area (Å²) in [5, 5.41) is 11.3. The number of allylic oxidation sites excluding steroid dienone is 1. The van der Waals surface area contributed by atoms with E-state index >= 15 is 0 Å². The number of methoxy groups -OCH3 is 2. The first-order valence-electron chi connectivity index (χ1n) is 11.3. The molecule has 174 valence electrons. The molecule has 0 aliphatic heterocycles. The molecule has 2 aromatic rings. The molecule has 0 saturated heterocycles. The number of fused-ring (bicyclic) bond motifs is 2. The quantitative estimate of drug-likeness (QED) is 0.521. The van der Waals surface area contributed by atoms with Crippen LogP contribution < -0.4 is 19.8 Å². The lowest BCUT2D eigenvalue weighted by molar-refractivity contribution is -0.0293. The standard InChI is InChI=1S/C26H34O6/c1-15-7-9-17-18(10-11-20(27)25(17,2)3)26(15,4)14-31-23-19(29-5)13-16-8-12-21(28)32-22(16)24(23)30-6/h8-9,12-13,15,18,20,27H,7,10-11,14H2,1-6H3. The summed E-state index contributed by atoms with van der Waals surface area (Å²) in [6.07, 6.45) is 4.67. The van der Waals surface area contributed by atoms with Crippen molar-refractivity contribution < 1.29 is 23.7 Å². The molecule has 0 bridgehead atoms. The van der Waals surface area contributed by atoms with Crippen LogP contribution in [-0.2, 0) is 0 Å². The number of hydrogen-bond donors (Lipinski definition) is 1. The predicted octanol–water partition coefficient (Wildman–Crippen LogP) is 4.96.